The van der Waals surface area contributed by atoms with Crippen LogP contribution in [0.2, 0.25) is 0 Å². The molecular formula is C20H26N2O6S. The number of hydrogen-bond donors (Lipinski definition) is 2. The zero-order chi connectivity index (χ0) is 21.6. The molecule has 158 valence electrons. The fourth-order valence-corrected chi connectivity index (χ4v) is 4.04. The van der Waals surface area contributed by atoms with Gasteiger partial charge in [0.15, 0.2) is 11.5 Å². The summed E-state index contributed by atoms with van der Waals surface area (Å²) in [4.78, 5) is 12.2. The maximum atomic E-state index is 12.9. The van der Waals surface area contributed by atoms with E-state index in [4.69, 9.17) is 14.2 Å². The van der Waals surface area contributed by atoms with Crippen molar-refractivity contribution in [2.45, 2.75) is 24.8 Å². The number of rotatable bonds is 9. The summed E-state index contributed by atoms with van der Waals surface area (Å²) in [5.74, 6) is 0.934. The number of nitrogens with one attached hydrogen (secondary N) is 2. The Morgan fingerprint density at radius 2 is 1.59 bits per heavy atom. The fourth-order valence-electron chi connectivity index (χ4n) is 2.78. The van der Waals surface area contributed by atoms with Crippen LogP contribution in [-0.4, -0.2) is 42.2 Å². The molecule has 8 nitrogen and oxygen atoms in total. The zero-order valence-electron chi connectivity index (χ0n) is 17.1. The molecule has 2 aromatic carbocycles. The molecule has 9 heteroatoms. The van der Waals surface area contributed by atoms with Crippen molar-refractivity contribution in [3.8, 4) is 17.2 Å². The average Bonchev–Trinajstić information content (AvgIpc) is 2.72. The molecule has 0 unspecified atom stereocenters. The van der Waals surface area contributed by atoms with Crippen molar-refractivity contribution >= 4 is 15.9 Å². The lowest BCUT2D eigenvalue weighted by atomic mass is 10.1. The van der Waals surface area contributed by atoms with Crippen molar-refractivity contribution in [3.05, 3.63) is 47.5 Å². The molecule has 0 aliphatic carbocycles. The summed E-state index contributed by atoms with van der Waals surface area (Å²) in [6.07, 6.45) is 0. The highest BCUT2D eigenvalue weighted by atomic mass is 32.2. The molecule has 0 bridgehead atoms. The Labute approximate surface area is 171 Å². The first-order valence-electron chi connectivity index (χ1n) is 8.97. The van der Waals surface area contributed by atoms with Gasteiger partial charge >= 0.3 is 0 Å². The smallest absolute Gasteiger partial charge is 0.255 e. The first kappa shape index (κ1) is 22.5. The van der Waals surface area contributed by atoms with Gasteiger partial charge in [0.25, 0.3) is 5.91 Å². The normalized spacial score (nSPS) is 12.2. The summed E-state index contributed by atoms with van der Waals surface area (Å²) in [6, 6.07) is 8.77. The summed E-state index contributed by atoms with van der Waals surface area (Å²) in [5, 5.41) is 2.65. The minimum Gasteiger partial charge on any atom is -0.496 e. The number of hydrogen-bond acceptors (Lipinski definition) is 6. The minimum absolute atomic E-state index is 0.0353. The topological polar surface area (TPSA) is 103 Å². The molecule has 0 fully saturated rings. The quantitative estimate of drug-likeness (QED) is 0.644. The van der Waals surface area contributed by atoms with Gasteiger partial charge in [-0.15, -0.1) is 0 Å². The summed E-state index contributed by atoms with van der Waals surface area (Å²) in [7, 11) is 0.562. The van der Waals surface area contributed by atoms with E-state index in [9.17, 15) is 13.2 Å². The Morgan fingerprint density at radius 3 is 2.17 bits per heavy atom. The number of sulfonamides is 1. The lowest BCUT2D eigenvalue weighted by molar-refractivity contribution is 0.0952. The second kappa shape index (κ2) is 9.62. The molecular weight excluding hydrogens is 396 g/mol. The number of amides is 1. The predicted octanol–water partition coefficient (Wildman–Crippen LogP) is 2.50. The van der Waals surface area contributed by atoms with Crippen molar-refractivity contribution < 1.29 is 27.4 Å². The first-order chi connectivity index (χ1) is 13.8. The average molecular weight is 423 g/mol. The number of ether oxygens (including phenoxy) is 3. The third-order valence-corrected chi connectivity index (χ3v) is 5.84. The van der Waals surface area contributed by atoms with E-state index in [1.165, 1.54) is 39.5 Å². The molecule has 2 aromatic rings. The van der Waals surface area contributed by atoms with Gasteiger partial charge in [-0.25, -0.2) is 13.1 Å². The summed E-state index contributed by atoms with van der Waals surface area (Å²) in [6.45, 7) is 3.90. The van der Waals surface area contributed by atoms with Gasteiger partial charge in [-0.3, -0.25) is 4.79 Å². The van der Waals surface area contributed by atoms with E-state index in [2.05, 4.69) is 10.0 Å². The molecule has 0 saturated carbocycles. The molecule has 29 heavy (non-hydrogen) atoms. The van der Waals surface area contributed by atoms with Gasteiger partial charge < -0.3 is 19.5 Å². The van der Waals surface area contributed by atoms with Crippen LogP contribution in [0.5, 0.6) is 17.2 Å². The van der Waals surface area contributed by atoms with E-state index in [1.54, 1.807) is 32.0 Å². The summed E-state index contributed by atoms with van der Waals surface area (Å²) in [5.41, 5.74) is 0.847. The molecule has 0 spiro atoms. The maximum absolute atomic E-state index is 12.9. The molecule has 0 saturated heterocycles. The SMILES string of the molecule is CCNC(=O)c1cc(S(=O)(=O)N[C@@H](C)c2ccc(OC)c(OC)c2)ccc1OC. The standard InChI is InChI=1S/C20H26N2O6S/c1-6-21-20(23)16-12-15(8-10-17(16)26-3)29(24,25)22-13(2)14-7-9-18(27-4)19(11-14)28-5/h7-13,22H,6H2,1-5H3,(H,21,23)/t13-/m0/s1. The Balaban J connectivity index is 2.33. The highest BCUT2D eigenvalue weighted by molar-refractivity contribution is 7.89. The largest absolute Gasteiger partial charge is 0.496 e. The number of benzene rings is 2. The highest BCUT2D eigenvalue weighted by Crippen LogP contribution is 2.30. The van der Waals surface area contributed by atoms with E-state index in [0.717, 1.165) is 0 Å². The minimum atomic E-state index is -3.90. The molecule has 2 N–H and O–H groups in total. The van der Waals surface area contributed by atoms with Crippen LogP contribution in [0.3, 0.4) is 0 Å². The van der Waals surface area contributed by atoms with Crippen molar-refractivity contribution in [1.29, 1.82) is 0 Å². The Hall–Kier alpha value is -2.78. The lowest BCUT2D eigenvalue weighted by Gasteiger charge is -2.17. The molecule has 0 aromatic heterocycles. The lowest BCUT2D eigenvalue weighted by Crippen LogP contribution is -2.28. The first-order valence-corrected chi connectivity index (χ1v) is 10.5. The van der Waals surface area contributed by atoms with Crippen LogP contribution in [-0.2, 0) is 10.0 Å². The highest BCUT2D eigenvalue weighted by Gasteiger charge is 2.22. The number of carbonyl (C=O) groups is 1. The third-order valence-electron chi connectivity index (χ3n) is 4.30. The van der Waals surface area contributed by atoms with Crippen molar-refractivity contribution in [2.75, 3.05) is 27.9 Å². The summed E-state index contributed by atoms with van der Waals surface area (Å²) >= 11 is 0. The van der Waals surface area contributed by atoms with Gasteiger partial charge in [-0.05, 0) is 49.7 Å². The van der Waals surface area contributed by atoms with Crippen LogP contribution in [0.1, 0.15) is 35.8 Å². The van der Waals surface area contributed by atoms with Gasteiger partial charge in [-0.2, -0.15) is 0 Å². The van der Waals surface area contributed by atoms with E-state index >= 15 is 0 Å². The molecule has 1 amide bonds. The van der Waals surface area contributed by atoms with Crippen molar-refractivity contribution in [2.24, 2.45) is 0 Å². The summed E-state index contributed by atoms with van der Waals surface area (Å²) < 4.78 is 44.0. The van der Waals surface area contributed by atoms with Crippen molar-refractivity contribution in [1.82, 2.24) is 10.0 Å². The molecule has 1 atom stereocenters. The van der Waals surface area contributed by atoms with Crippen LogP contribution in [0.15, 0.2) is 41.3 Å². The number of carbonyl (C=O) groups excluding carboxylic acids is 1. The fraction of sp³-hybridized carbons (Fsp3) is 0.350. The van der Waals surface area contributed by atoms with Crippen LogP contribution in [0.4, 0.5) is 0 Å². The molecule has 0 radical (unpaired) electrons. The maximum Gasteiger partial charge on any atom is 0.255 e. The second-order valence-electron chi connectivity index (χ2n) is 6.18. The van der Waals surface area contributed by atoms with Gasteiger partial charge in [0.05, 0.1) is 31.8 Å². The van der Waals surface area contributed by atoms with E-state index < -0.39 is 22.0 Å². The van der Waals surface area contributed by atoms with Crippen LogP contribution in [0.25, 0.3) is 0 Å². The molecule has 0 heterocycles. The molecule has 2 rings (SSSR count). The van der Waals surface area contributed by atoms with Gasteiger partial charge in [-0.1, -0.05) is 6.07 Å². The van der Waals surface area contributed by atoms with E-state index in [1.807, 2.05) is 0 Å². The Kier molecular flexibility index (Phi) is 7.46. The molecule has 0 aliphatic heterocycles. The second-order valence-corrected chi connectivity index (χ2v) is 7.89. The van der Waals surface area contributed by atoms with E-state index in [0.29, 0.717) is 29.4 Å². The monoisotopic (exact) mass is 422 g/mol. The third kappa shape index (κ3) is 5.18. The number of methoxy groups -OCH3 is 3. The van der Waals surface area contributed by atoms with Gasteiger partial charge in [0.1, 0.15) is 5.75 Å². The van der Waals surface area contributed by atoms with Crippen LogP contribution in [0, 0.1) is 0 Å². The van der Waals surface area contributed by atoms with E-state index in [-0.39, 0.29) is 10.5 Å². The van der Waals surface area contributed by atoms with Gasteiger partial charge in [0, 0.05) is 12.6 Å². The van der Waals surface area contributed by atoms with Crippen molar-refractivity contribution in [3.63, 3.8) is 0 Å². The predicted molar refractivity (Wildman–Crippen MR) is 109 cm³/mol. The molecule has 0 aliphatic rings. The zero-order valence-corrected chi connectivity index (χ0v) is 17.9. The van der Waals surface area contributed by atoms with Gasteiger partial charge in [0.2, 0.25) is 10.0 Å². The van der Waals surface area contributed by atoms with Crippen LogP contribution >= 0.6 is 0 Å². The Morgan fingerprint density at radius 1 is 0.966 bits per heavy atom. The Bertz CT molecular complexity index is 975. The van der Waals surface area contributed by atoms with Crippen LogP contribution < -0.4 is 24.2 Å².